The zero-order valence-corrected chi connectivity index (χ0v) is 8.66. The molecule has 0 fully saturated rings. The van der Waals surface area contributed by atoms with Gasteiger partial charge in [0.25, 0.3) is 5.91 Å². The summed E-state index contributed by atoms with van der Waals surface area (Å²) in [4.78, 5) is 11.6. The first kappa shape index (κ1) is 10.4. The molecule has 0 aliphatic carbocycles. The van der Waals surface area contributed by atoms with Crippen molar-refractivity contribution in [2.75, 3.05) is 5.32 Å². The zero-order valence-electron chi connectivity index (χ0n) is 8.66. The van der Waals surface area contributed by atoms with Crippen LogP contribution in [0.5, 0.6) is 0 Å². The lowest BCUT2D eigenvalue weighted by atomic mass is 10.2. The second-order valence-electron chi connectivity index (χ2n) is 3.34. The van der Waals surface area contributed by atoms with E-state index in [1.165, 1.54) is 12.3 Å². The molecule has 1 aromatic carbocycles. The number of hydrogen-bond acceptors (Lipinski definition) is 2. The Morgan fingerprint density at radius 1 is 1.31 bits per heavy atom. The number of benzene rings is 1. The van der Waals surface area contributed by atoms with Crippen molar-refractivity contribution in [3.63, 3.8) is 0 Å². The maximum Gasteiger partial charge on any atom is 0.291 e. The van der Waals surface area contributed by atoms with E-state index in [0.717, 1.165) is 0 Å². The lowest BCUT2D eigenvalue weighted by molar-refractivity contribution is 0.0996. The Hall–Kier alpha value is -2.10. The molecule has 1 N–H and O–H groups in total. The number of anilines is 1. The molecule has 0 bridgehead atoms. The van der Waals surface area contributed by atoms with Crippen LogP contribution in [0.4, 0.5) is 10.1 Å². The monoisotopic (exact) mass is 219 g/mol. The van der Waals surface area contributed by atoms with Gasteiger partial charge in [0.1, 0.15) is 5.82 Å². The summed E-state index contributed by atoms with van der Waals surface area (Å²) in [5.41, 5.74) is 0.851. The number of amides is 1. The fraction of sp³-hybridized carbons (Fsp3) is 0.0833. The van der Waals surface area contributed by atoms with Crippen LogP contribution < -0.4 is 5.32 Å². The molecule has 3 nitrogen and oxygen atoms in total. The van der Waals surface area contributed by atoms with Gasteiger partial charge in [0.15, 0.2) is 5.76 Å². The molecule has 16 heavy (non-hydrogen) atoms. The molecule has 0 spiro atoms. The number of carbonyl (C=O) groups excluding carboxylic acids is 1. The van der Waals surface area contributed by atoms with E-state index in [9.17, 15) is 9.18 Å². The van der Waals surface area contributed by atoms with Crippen LogP contribution in [-0.4, -0.2) is 5.91 Å². The smallest absolute Gasteiger partial charge is 0.291 e. The van der Waals surface area contributed by atoms with E-state index >= 15 is 0 Å². The van der Waals surface area contributed by atoms with Gasteiger partial charge in [-0.05, 0) is 31.2 Å². The third-order valence-corrected chi connectivity index (χ3v) is 2.26. The highest BCUT2D eigenvalue weighted by Gasteiger charge is 2.11. The van der Waals surface area contributed by atoms with Crippen molar-refractivity contribution in [2.24, 2.45) is 0 Å². The molecule has 0 radical (unpaired) electrons. The normalized spacial score (nSPS) is 10.1. The van der Waals surface area contributed by atoms with Crippen LogP contribution in [0.1, 0.15) is 16.1 Å². The molecule has 0 saturated carbocycles. The molecule has 82 valence electrons. The van der Waals surface area contributed by atoms with Gasteiger partial charge in [-0.15, -0.1) is 0 Å². The Balaban J connectivity index is 2.22. The lowest BCUT2D eigenvalue weighted by Crippen LogP contribution is -2.12. The van der Waals surface area contributed by atoms with Crippen molar-refractivity contribution in [1.82, 2.24) is 0 Å². The van der Waals surface area contributed by atoms with E-state index < -0.39 is 5.91 Å². The van der Waals surface area contributed by atoms with E-state index in [1.54, 1.807) is 31.2 Å². The minimum Gasteiger partial charge on any atom is -0.459 e. The van der Waals surface area contributed by atoms with E-state index in [4.69, 9.17) is 4.42 Å². The second-order valence-corrected chi connectivity index (χ2v) is 3.34. The van der Waals surface area contributed by atoms with Crippen LogP contribution in [0.2, 0.25) is 0 Å². The van der Waals surface area contributed by atoms with E-state index in [1.807, 2.05) is 0 Å². The highest BCUT2D eigenvalue weighted by atomic mass is 19.1. The van der Waals surface area contributed by atoms with E-state index in [2.05, 4.69) is 5.32 Å². The maximum absolute atomic E-state index is 13.2. The van der Waals surface area contributed by atoms with E-state index in [0.29, 0.717) is 11.3 Å². The van der Waals surface area contributed by atoms with Crippen molar-refractivity contribution in [2.45, 2.75) is 6.92 Å². The molecule has 2 rings (SSSR count). The van der Waals surface area contributed by atoms with Gasteiger partial charge in [-0.1, -0.05) is 6.07 Å². The molecule has 0 aliphatic heterocycles. The summed E-state index contributed by atoms with van der Waals surface area (Å²) in [6.07, 6.45) is 1.41. The Kier molecular flexibility index (Phi) is 2.72. The average Bonchev–Trinajstić information content (AvgIpc) is 2.78. The highest BCUT2D eigenvalue weighted by molar-refractivity contribution is 6.02. The predicted molar refractivity (Wildman–Crippen MR) is 57.8 cm³/mol. The fourth-order valence-corrected chi connectivity index (χ4v) is 1.33. The topological polar surface area (TPSA) is 42.2 Å². The van der Waals surface area contributed by atoms with Gasteiger partial charge >= 0.3 is 0 Å². The van der Waals surface area contributed by atoms with Crippen molar-refractivity contribution in [1.29, 1.82) is 0 Å². The average molecular weight is 219 g/mol. The summed E-state index contributed by atoms with van der Waals surface area (Å²) in [5, 5.41) is 2.58. The van der Waals surface area contributed by atoms with Crippen LogP contribution in [-0.2, 0) is 0 Å². The number of hydrogen-bond donors (Lipinski definition) is 1. The van der Waals surface area contributed by atoms with Gasteiger partial charge in [-0.25, -0.2) is 4.39 Å². The summed E-state index contributed by atoms with van der Waals surface area (Å²) in [6.45, 7) is 1.60. The summed E-state index contributed by atoms with van der Waals surface area (Å²) < 4.78 is 18.1. The van der Waals surface area contributed by atoms with Crippen molar-refractivity contribution in [3.8, 4) is 0 Å². The third kappa shape index (κ3) is 1.95. The molecule has 4 heteroatoms. The zero-order chi connectivity index (χ0) is 11.5. The molecule has 0 saturated heterocycles. The molecular weight excluding hydrogens is 209 g/mol. The maximum atomic E-state index is 13.2. The summed E-state index contributed by atoms with van der Waals surface area (Å²) in [6, 6.07) is 7.69. The van der Waals surface area contributed by atoms with Gasteiger partial charge in [-0.3, -0.25) is 4.79 Å². The van der Waals surface area contributed by atoms with Crippen LogP contribution in [0.15, 0.2) is 41.0 Å². The molecule has 1 heterocycles. The van der Waals surface area contributed by atoms with Gasteiger partial charge in [0.2, 0.25) is 0 Å². The third-order valence-electron chi connectivity index (χ3n) is 2.26. The lowest BCUT2D eigenvalue weighted by Gasteiger charge is -2.07. The Labute approximate surface area is 91.9 Å². The molecular formula is C12H10FNO2. The van der Waals surface area contributed by atoms with Crippen LogP contribution in [0.3, 0.4) is 0 Å². The second kappa shape index (κ2) is 4.18. The Bertz CT molecular complexity index is 506. The number of carbonyl (C=O) groups is 1. The molecule has 1 aromatic heterocycles. The summed E-state index contributed by atoms with van der Waals surface area (Å²) in [5.74, 6) is -0.542. The first-order valence-electron chi connectivity index (χ1n) is 4.78. The summed E-state index contributed by atoms with van der Waals surface area (Å²) >= 11 is 0. The SMILES string of the molecule is Cc1c(F)cccc1NC(=O)c1ccco1. The molecule has 2 aromatic rings. The fourth-order valence-electron chi connectivity index (χ4n) is 1.33. The van der Waals surface area contributed by atoms with Gasteiger partial charge in [0.05, 0.1) is 6.26 Å². The van der Waals surface area contributed by atoms with Crippen molar-refractivity contribution >= 4 is 11.6 Å². The van der Waals surface area contributed by atoms with Crippen molar-refractivity contribution < 1.29 is 13.6 Å². The Morgan fingerprint density at radius 2 is 2.12 bits per heavy atom. The highest BCUT2D eigenvalue weighted by Crippen LogP contribution is 2.18. The first-order chi connectivity index (χ1) is 7.68. The standard InChI is InChI=1S/C12H10FNO2/c1-8-9(13)4-2-5-10(8)14-12(15)11-6-3-7-16-11/h2-7H,1H3,(H,14,15). The number of rotatable bonds is 2. The van der Waals surface area contributed by atoms with Gasteiger partial charge < -0.3 is 9.73 Å². The first-order valence-corrected chi connectivity index (χ1v) is 4.78. The van der Waals surface area contributed by atoms with Crippen molar-refractivity contribution in [3.05, 3.63) is 53.7 Å². The van der Waals surface area contributed by atoms with Gasteiger partial charge in [0, 0.05) is 11.3 Å². The number of nitrogens with one attached hydrogen (secondary N) is 1. The van der Waals surface area contributed by atoms with Crippen LogP contribution in [0, 0.1) is 12.7 Å². The minimum atomic E-state index is -0.390. The molecule has 0 atom stereocenters. The molecule has 0 unspecified atom stereocenters. The quantitative estimate of drug-likeness (QED) is 0.843. The largest absolute Gasteiger partial charge is 0.459 e. The summed E-state index contributed by atoms with van der Waals surface area (Å²) in [7, 11) is 0. The molecule has 1 amide bonds. The van der Waals surface area contributed by atoms with Gasteiger partial charge in [-0.2, -0.15) is 0 Å². The minimum absolute atomic E-state index is 0.198. The van der Waals surface area contributed by atoms with Crippen LogP contribution >= 0.6 is 0 Å². The number of halogens is 1. The predicted octanol–water partition coefficient (Wildman–Crippen LogP) is 2.98. The van der Waals surface area contributed by atoms with Crippen LogP contribution in [0.25, 0.3) is 0 Å². The molecule has 0 aliphatic rings. The van der Waals surface area contributed by atoms with E-state index in [-0.39, 0.29) is 11.6 Å². The Morgan fingerprint density at radius 3 is 2.81 bits per heavy atom. The number of furan rings is 1.